The Labute approximate surface area is 103 Å². The molecule has 1 aromatic rings. The number of carbonyl (C=O) groups is 2. The molecular weight excluding hydrogens is 244 g/mol. The Kier molecular flexibility index (Phi) is 3.50. The molecule has 1 aliphatic rings. The molecule has 0 aromatic carbocycles. The zero-order chi connectivity index (χ0) is 11.5. The summed E-state index contributed by atoms with van der Waals surface area (Å²) in [5.74, 6) is 0.294. The van der Waals surface area contributed by atoms with Crippen molar-refractivity contribution in [2.75, 3.05) is 5.75 Å². The van der Waals surface area contributed by atoms with Gasteiger partial charge in [-0.2, -0.15) is 12.6 Å². The molecule has 1 saturated heterocycles. The Morgan fingerprint density at radius 3 is 3.00 bits per heavy atom. The topological polar surface area (TPSA) is 58.2 Å². The van der Waals surface area contributed by atoms with Gasteiger partial charge in [-0.1, -0.05) is 6.07 Å². The van der Waals surface area contributed by atoms with Crippen molar-refractivity contribution in [2.45, 2.75) is 18.5 Å². The third-order valence-corrected chi connectivity index (χ3v) is 3.71. The Hall–Kier alpha value is -1.01. The van der Waals surface area contributed by atoms with Gasteiger partial charge in [0.05, 0.1) is 12.5 Å². The first kappa shape index (κ1) is 11.5. The van der Waals surface area contributed by atoms with Crippen LogP contribution in [0.15, 0.2) is 17.5 Å². The summed E-state index contributed by atoms with van der Waals surface area (Å²) in [5, 5.41) is 7.32. The molecule has 2 rings (SSSR count). The minimum Gasteiger partial charge on any atom is -0.348 e. The van der Waals surface area contributed by atoms with Crippen LogP contribution in [0.2, 0.25) is 0 Å². The van der Waals surface area contributed by atoms with Crippen molar-refractivity contribution in [1.29, 1.82) is 0 Å². The molecule has 16 heavy (non-hydrogen) atoms. The van der Waals surface area contributed by atoms with Crippen LogP contribution in [-0.4, -0.2) is 29.7 Å². The largest absolute Gasteiger partial charge is 0.348 e. The van der Waals surface area contributed by atoms with E-state index in [2.05, 4.69) is 23.3 Å². The van der Waals surface area contributed by atoms with Gasteiger partial charge in [0.15, 0.2) is 0 Å². The lowest BCUT2D eigenvalue weighted by molar-refractivity contribution is -0.135. The van der Waals surface area contributed by atoms with E-state index in [0.717, 1.165) is 4.88 Å². The van der Waals surface area contributed by atoms with Crippen molar-refractivity contribution in [3.05, 3.63) is 22.4 Å². The van der Waals surface area contributed by atoms with E-state index < -0.39 is 6.04 Å². The standard InChI is InChI=1S/C10H12N2O2S2/c13-8(4-6-2-1-3-16-6)12-9-7(5-15)11-10(9)14/h1-3,7,9,15H,4-5H2,(H,11,14)(H,12,13)/t7-,9+/m1/s1. The van der Waals surface area contributed by atoms with E-state index in [-0.39, 0.29) is 17.9 Å². The first-order chi connectivity index (χ1) is 7.70. The molecule has 2 heterocycles. The monoisotopic (exact) mass is 256 g/mol. The minimum absolute atomic E-state index is 0.0388. The summed E-state index contributed by atoms with van der Waals surface area (Å²) in [7, 11) is 0. The number of nitrogens with one attached hydrogen (secondary N) is 2. The highest BCUT2D eigenvalue weighted by Gasteiger charge is 2.39. The smallest absolute Gasteiger partial charge is 0.245 e. The SMILES string of the molecule is O=C(Cc1cccs1)N[C@@H]1C(=O)N[C@@H]1CS. The van der Waals surface area contributed by atoms with Gasteiger partial charge in [-0.15, -0.1) is 11.3 Å². The molecule has 0 radical (unpaired) electrons. The highest BCUT2D eigenvalue weighted by molar-refractivity contribution is 7.80. The number of hydrogen-bond donors (Lipinski definition) is 3. The lowest BCUT2D eigenvalue weighted by atomic mass is 10.0. The molecule has 0 spiro atoms. The predicted molar refractivity (Wildman–Crippen MR) is 65.7 cm³/mol. The molecule has 4 nitrogen and oxygen atoms in total. The van der Waals surface area contributed by atoms with Crippen molar-refractivity contribution in [3.63, 3.8) is 0 Å². The Bertz CT molecular complexity index is 392. The van der Waals surface area contributed by atoms with Crippen LogP contribution in [-0.2, 0) is 16.0 Å². The van der Waals surface area contributed by atoms with Crippen molar-refractivity contribution in [2.24, 2.45) is 0 Å². The maximum atomic E-state index is 11.6. The van der Waals surface area contributed by atoms with Crippen LogP contribution < -0.4 is 10.6 Å². The molecule has 6 heteroatoms. The van der Waals surface area contributed by atoms with E-state index in [9.17, 15) is 9.59 Å². The lowest BCUT2D eigenvalue weighted by Crippen LogP contribution is -2.70. The molecule has 1 aromatic heterocycles. The molecule has 1 aliphatic heterocycles. The summed E-state index contributed by atoms with van der Waals surface area (Å²) < 4.78 is 0. The summed E-state index contributed by atoms with van der Waals surface area (Å²) in [6.45, 7) is 0. The van der Waals surface area contributed by atoms with Gasteiger partial charge in [0.2, 0.25) is 11.8 Å². The number of β-lactam (4-membered cyclic amide) rings is 1. The van der Waals surface area contributed by atoms with Crippen LogP contribution in [0.4, 0.5) is 0 Å². The van der Waals surface area contributed by atoms with Gasteiger partial charge in [0.1, 0.15) is 6.04 Å². The van der Waals surface area contributed by atoms with Gasteiger partial charge < -0.3 is 10.6 Å². The Balaban J connectivity index is 1.85. The fourth-order valence-electron chi connectivity index (χ4n) is 1.56. The van der Waals surface area contributed by atoms with Gasteiger partial charge in [0, 0.05) is 10.6 Å². The van der Waals surface area contributed by atoms with Crippen molar-refractivity contribution in [3.8, 4) is 0 Å². The van der Waals surface area contributed by atoms with Gasteiger partial charge in [-0.3, -0.25) is 9.59 Å². The Morgan fingerprint density at radius 2 is 2.44 bits per heavy atom. The van der Waals surface area contributed by atoms with Crippen molar-refractivity contribution >= 4 is 35.8 Å². The van der Waals surface area contributed by atoms with Crippen molar-refractivity contribution < 1.29 is 9.59 Å². The van der Waals surface area contributed by atoms with E-state index >= 15 is 0 Å². The van der Waals surface area contributed by atoms with Crippen LogP contribution in [0.5, 0.6) is 0 Å². The fraction of sp³-hybridized carbons (Fsp3) is 0.400. The Morgan fingerprint density at radius 1 is 1.62 bits per heavy atom. The van der Waals surface area contributed by atoms with E-state index in [4.69, 9.17) is 0 Å². The number of carbonyl (C=O) groups excluding carboxylic acids is 2. The number of hydrogen-bond acceptors (Lipinski definition) is 4. The van der Waals surface area contributed by atoms with E-state index in [1.807, 2.05) is 17.5 Å². The molecule has 0 aliphatic carbocycles. The maximum absolute atomic E-state index is 11.6. The zero-order valence-electron chi connectivity index (χ0n) is 8.47. The second-order valence-electron chi connectivity index (χ2n) is 3.60. The quantitative estimate of drug-likeness (QED) is 0.532. The average molecular weight is 256 g/mol. The van der Waals surface area contributed by atoms with Gasteiger partial charge in [-0.25, -0.2) is 0 Å². The van der Waals surface area contributed by atoms with Crippen LogP contribution in [0.1, 0.15) is 4.88 Å². The molecule has 0 saturated carbocycles. The third kappa shape index (κ3) is 2.38. The lowest BCUT2D eigenvalue weighted by Gasteiger charge is -2.36. The van der Waals surface area contributed by atoms with Crippen molar-refractivity contribution in [1.82, 2.24) is 10.6 Å². The molecule has 1 fully saturated rings. The van der Waals surface area contributed by atoms with Gasteiger partial charge >= 0.3 is 0 Å². The highest BCUT2D eigenvalue weighted by Crippen LogP contribution is 2.11. The van der Waals surface area contributed by atoms with Gasteiger partial charge in [0.25, 0.3) is 0 Å². The fourth-order valence-corrected chi connectivity index (χ4v) is 2.56. The van der Waals surface area contributed by atoms with Gasteiger partial charge in [-0.05, 0) is 11.4 Å². The number of rotatable bonds is 4. The minimum atomic E-state index is -0.412. The normalized spacial score (nSPS) is 23.4. The summed E-state index contributed by atoms with van der Waals surface area (Å²) in [6, 6.07) is 3.36. The summed E-state index contributed by atoms with van der Waals surface area (Å²) in [4.78, 5) is 23.8. The third-order valence-electron chi connectivity index (χ3n) is 2.44. The summed E-state index contributed by atoms with van der Waals surface area (Å²) in [6.07, 6.45) is 0.334. The molecule has 2 N–H and O–H groups in total. The van der Waals surface area contributed by atoms with E-state index in [1.54, 1.807) is 0 Å². The second kappa shape index (κ2) is 4.88. The first-order valence-electron chi connectivity index (χ1n) is 4.93. The van der Waals surface area contributed by atoms with E-state index in [1.165, 1.54) is 11.3 Å². The van der Waals surface area contributed by atoms with Crippen LogP contribution in [0, 0.1) is 0 Å². The maximum Gasteiger partial charge on any atom is 0.245 e. The molecular formula is C10H12N2O2S2. The van der Waals surface area contributed by atoms with Crippen LogP contribution >= 0.6 is 24.0 Å². The summed E-state index contributed by atoms with van der Waals surface area (Å²) in [5.41, 5.74) is 0. The van der Waals surface area contributed by atoms with Crippen LogP contribution in [0.25, 0.3) is 0 Å². The molecule has 86 valence electrons. The number of thiophene rings is 1. The molecule has 0 unspecified atom stereocenters. The molecule has 2 amide bonds. The number of thiol groups is 1. The second-order valence-corrected chi connectivity index (χ2v) is 5.00. The number of amides is 2. The average Bonchev–Trinajstić information content (AvgIpc) is 2.75. The van der Waals surface area contributed by atoms with E-state index in [0.29, 0.717) is 12.2 Å². The molecule has 2 atom stereocenters. The predicted octanol–water partition coefficient (Wildman–Crippen LogP) is 0.204. The highest BCUT2D eigenvalue weighted by atomic mass is 32.1. The zero-order valence-corrected chi connectivity index (χ0v) is 10.2. The first-order valence-corrected chi connectivity index (χ1v) is 6.45. The summed E-state index contributed by atoms with van der Waals surface area (Å²) >= 11 is 5.63. The van der Waals surface area contributed by atoms with Crippen LogP contribution in [0.3, 0.4) is 0 Å². The molecule has 0 bridgehead atoms.